The van der Waals surface area contributed by atoms with Crippen LogP contribution in [0.4, 0.5) is 11.4 Å². The average molecular weight is 436 g/mol. The number of para-hydroxylation sites is 1. The second-order valence-corrected chi connectivity index (χ2v) is 8.63. The van der Waals surface area contributed by atoms with E-state index in [0.29, 0.717) is 10.7 Å². The molecule has 1 atom stereocenters. The van der Waals surface area contributed by atoms with Crippen LogP contribution in [0.1, 0.15) is 13.3 Å². The van der Waals surface area contributed by atoms with Crippen molar-refractivity contribution in [2.45, 2.75) is 19.4 Å². The van der Waals surface area contributed by atoms with E-state index >= 15 is 0 Å². The summed E-state index contributed by atoms with van der Waals surface area (Å²) in [4.78, 5) is 12.8. The Morgan fingerprint density at radius 1 is 1.08 bits per heavy atom. The van der Waals surface area contributed by atoms with Crippen molar-refractivity contribution in [3.63, 3.8) is 0 Å². The lowest BCUT2D eigenvalue weighted by atomic mass is 10.2. The molecule has 0 heterocycles. The number of hydrogen-bond acceptors (Lipinski definition) is 3. The van der Waals surface area contributed by atoms with Gasteiger partial charge in [-0.1, -0.05) is 53.9 Å². The number of anilines is 2. The molecule has 5 nitrogen and oxygen atoms in total. The van der Waals surface area contributed by atoms with Crippen LogP contribution in [0.5, 0.6) is 0 Å². The Balaban J connectivity index is 2.43. The van der Waals surface area contributed by atoms with Gasteiger partial charge in [-0.15, -0.1) is 0 Å². The summed E-state index contributed by atoms with van der Waals surface area (Å²) in [5.41, 5.74) is 0.656. The van der Waals surface area contributed by atoms with Crippen molar-refractivity contribution >= 4 is 62.1 Å². The molecule has 0 spiro atoms. The molecule has 9 heteroatoms. The smallest absolute Gasteiger partial charge is 0.248 e. The third-order valence-electron chi connectivity index (χ3n) is 3.62. The number of carbonyl (C=O) groups excluding carboxylic acids is 1. The highest BCUT2D eigenvalue weighted by Gasteiger charge is 2.32. The summed E-state index contributed by atoms with van der Waals surface area (Å²) in [6, 6.07) is 10.1. The monoisotopic (exact) mass is 434 g/mol. The van der Waals surface area contributed by atoms with Gasteiger partial charge in [-0.2, -0.15) is 0 Å². The standard InChI is InChI=1S/C17H17Cl3N2O3S/c1-3-16(17(23)21-15-7-5-4-6-13(15)19)22(26(2,24)25)11-8-9-12(18)14(20)10-11/h4-10,16H,3H2,1-2H3,(H,21,23)/t16-/m1/s1. The minimum atomic E-state index is -3.77. The molecule has 26 heavy (non-hydrogen) atoms. The van der Waals surface area contributed by atoms with Gasteiger partial charge in [0.05, 0.1) is 32.7 Å². The van der Waals surface area contributed by atoms with Gasteiger partial charge in [0.2, 0.25) is 15.9 Å². The maximum atomic E-state index is 12.8. The minimum Gasteiger partial charge on any atom is -0.323 e. The Bertz CT molecular complexity index is 919. The van der Waals surface area contributed by atoms with E-state index in [2.05, 4.69) is 5.32 Å². The Kier molecular flexibility index (Phi) is 6.80. The van der Waals surface area contributed by atoms with E-state index in [-0.39, 0.29) is 22.2 Å². The van der Waals surface area contributed by atoms with E-state index in [1.807, 2.05) is 0 Å². The highest BCUT2D eigenvalue weighted by molar-refractivity contribution is 7.92. The fourth-order valence-electron chi connectivity index (χ4n) is 2.46. The molecule has 1 amide bonds. The van der Waals surface area contributed by atoms with Crippen LogP contribution in [0.2, 0.25) is 15.1 Å². The predicted octanol–water partition coefficient (Wildman–Crippen LogP) is 4.83. The Labute approximate surface area is 167 Å². The first-order valence-electron chi connectivity index (χ1n) is 7.65. The Morgan fingerprint density at radius 3 is 2.27 bits per heavy atom. The third-order valence-corrected chi connectivity index (χ3v) is 5.87. The second-order valence-electron chi connectivity index (χ2n) is 5.55. The Hall–Kier alpha value is -1.47. The second kappa shape index (κ2) is 8.48. The van der Waals surface area contributed by atoms with Gasteiger partial charge >= 0.3 is 0 Å². The van der Waals surface area contributed by atoms with Crippen LogP contribution in [0.15, 0.2) is 42.5 Å². The molecule has 0 aliphatic heterocycles. The quantitative estimate of drug-likeness (QED) is 0.706. The summed E-state index contributed by atoms with van der Waals surface area (Å²) in [5, 5.41) is 3.51. The van der Waals surface area contributed by atoms with E-state index in [1.54, 1.807) is 31.2 Å². The van der Waals surface area contributed by atoms with Crippen molar-refractivity contribution in [1.29, 1.82) is 0 Å². The van der Waals surface area contributed by atoms with Gasteiger partial charge < -0.3 is 5.32 Å². The van der Waals surface area contributed by atoms with E-state index in [4.69, 9.17) is 34.8 Å². The summed E-state index contributed by atoms with van der Waals surface area (Å²) >= 11 is 18.0. The molecule has 0 saturated carbocycles. The zero-order chi connectivity index (χ0) is 19.5. The third kappa shape index (κ3) is 4.82. The van der Waals surface area contributed by atoms with Crippen LogP contribution in [0, 0.1) is 0 Å². The first-order chi connectivity index (χ1) is 12.1. The lowest BCUT2D eigenvalue weighted by molar-refractivity contribution is -0.117. The fourth-order valence-corrected chi connectivity index (χ4v) is 4.14. The molecule has 0 fully saturated rings. The van der Waals surface area contributed by atoms with Gasteiger partial charge in [0.25, 0.3) is 0 Å². The van der Waals surface area contributed by atoms with Crippen LogP contribution in [0.25, 0.3) is 0 Å². The van der Waals surface area contributed by atoms with Crippen LogP contribution >= 0.6 is 34.8 Å². The zero-order valence-corrected chi connectivity index (χ0v) is 17.1. The number of nitrogens with zero attached hydrogens (tertiary/aromatic N) is 1. The molecule has 0 aromatic heterocycles. The predicted molar refractivity (Wildman–Crippen MR) is 108 cm³/mol. The first-order valence-corrected chi connectivity index (χ1v) is 10.6. The van der Waals surface area contributed by atoms with E-state index in [0.717, 1.165) is 10.6 Å². The van der Waals surface area contributed by atoms with Gasteiger partial charge in [0.15, 0.2) is 0 Å². The molecule has 140 valence electrons. The SMILES string of the molecule is CC[C@H](C(=O)Nc1ccccc1Cl)N(c1ccc(Cl)c(Cl)c1)S(C)(=O)=O. The van der Waals surface area contributed by atoms with Crippen molar-refractivity contribution in [2.24, 2.45) is 0 Å². The number of halogens is 3. The summed E-state index contributed by atoms with van der Waals surface area (Å²) < 4.78 is 25.8. The molecule has 0 aliphatic carbocycles. The molecule has 0 radical (unpaired) electrons. The molecule has 2 aromatic rings. The molecule has 1 N–H and O–H groups in total. The Morgan fingerprint density at radius 2 is 1.73 bits per heavy atom. The lowest BCUT2D eigenvalue weighted by Crippen LogP contribution is -2.47. The van der Waals surface area contributed by atoms with Crippen molar-refractivity contribution in [2.75, 3.05) is 15.9 Å². The van der Waals surface area contributed by atoms with E-state index in [1.165, 1.54) is 18.2 Å². The van der Waals surface area contributed by atoms with Crippen LogP contribution in [-0.2, 0) is 14.8 Å². The maximum absolute atomic E-state index is 12.8. The summed E-state index contributed by atoms with van der Waals surface area (Å²) in [6.45, 7) is 1.71. The molecular weight excluding hydrogens is 419 g/mol. The maximum Gasteiger partial charge on any atom is 0.248 e. The summed E-state index contributed by atoms with van der Waals surface area (Å²) in [7, 11) is -3.77. The number of nitrogens with one attached hydrogen (secondary N) is 1. The largest absolute Gasteiger partial charge is 0.323 e. The average Bonchev–Trinajstić information content (AvgIpc) is 2.56. The summed E-state index contributed by atoms with van der Waals surface area (Å²) in [6.07, 6.45) is 1.27. The topological polar surface area (TPSA) is 66.5 Å². The van der Waals surface area contributed by atoms with Crippen LogP contribution in [0.3, 0.4) is 0 Å². The van der Waals surface area contributed by atoms with Crippen molar-refractivity contribution in [1.82, 2.24) is 0 Å². The number of carbonyl (C=O) groups is 1. The van der Waals surface area contributed by atoms with E-state index in [9.17, 15) is 13.2 Å². The minimum absolute atomic E-state index is 0.194. The van der Waals surface area contributed by atoms with Crippen molar-refractivity contribution in [3.05, 3.63) is 57.5 Å². The number of sulfonamides is 1. The van der Waals surface area contributed by atoms with Gasteiger partial charge in [0.1, 0.15) is 6.04 Å². The number of rotatable bonds is 6. The van der Waals surface area contributed by atoms with Gasteiger partial charge in [-0.3, -0.25) is 9.10 Å². The molecular formula is C17H17Cl3N2O3S. The molecule has 0 saturated heterocycles. The fraction of sp³-hybridized carbons (Fsp3) is 0.235. The number of amides is 1. The number of hydrogen-bond donors (Lipinski definition) is 1. The molecule has 2 aromatic carbocycles. The first kappa shape index (κ1) is 20.8. The molecule has 0 bridgehead atoms. The van der Waals surface area contributed by atoms with Crippen molar-refractivity contribution in [3.8, 4) is 0 Å². The molecule has 2 rings (SSSR count). The van der Waals surface area contributed by atoms with Crippen LogP contribution in [-0.4, -0.2) is 26.6 Å². The highest BCUT2D eigenvalue weighted by atomic mass is 35.5. The number of benzene rings is 2. The van der Waals surface area contributed by atoms with Crippen LogP contribution < -0.4 is 9.62 Å². The molecule has 0 unspecified atom stereocenters. The van der Waals surface area contributed by atoms with Gasteiger partial charge in [-0.25, -0.2) is 8.42 Å². The lowest BCUT2D eigenvalue weighted by Gasteiger charge is -2.30. The van der Waals surface area contributed by atoms with Gasteiger partial charge in [-0.05, 0) is 36.8 Å². The zero-order valence-electron chi connectivity index (χ0n) is 14.0. The van der Waals surface area contributed by atoms with Crippen molar-refractivity contribution < 1.29 is 13.2 Å². The van der Waals surface area contributed by atoms with Gasteiger partial charge in [0, 0.05) is 0 Å². The highest BCUT2D eigenvalue weighted by Crippen LogP contribution is 2.31. The normalized spacial score (nSPS) is 12.5. The summed E-state index contributed by atoms with van der Waals surface area (Å²) in [5.74, 6) is -0.503. The van der Waals surface area contributed by atoms with E-state index < -0.39 is 22.0 Å². The molecule has 0 aliphatic rings.